The van der Waals surface area contributed by atoms with E-state index in [0.717, 1.165) is 12.8 Å². The second-order valence-corrected chi connectivity index (χ2v) is 2.84. The van der Waals surface area contributed by atoms with Gasteiger partial charge >= 0.3 is 5.97 Å². The highest BCUT2D eigenvalue weighted by Crippen LogP contribution is 1.98. The van der Waals surface area contributed by atoms with Crippen LogP contribution in [0.1, 0.15) is 32.6 Å². The van der Waals surface area contributed by atoms with Crippen LogP contribution in [0, 0.1) is 0 Å². The standard InChI is InChI=1S/C9H16O4/c1-2-3-4-8(10)5-6-13-7-9(11)12/h2-7H2,1H3,(H,11,12). The number of ether oxygens (including phenoxy) is 1. The van der Waals surface area contributed by atoms with Gasteiger partial charge in [0, 0.05) is 12.8 Å². The fourth-order valence-electron chi connectivity index (χ4n) is 0.844. The Labute approximate surface area is 77.9 Å². The number of rotatable bonds is 8. The van der Waals surface area contributed by atoms with Crippen molar-refractivity contribution in [3.63, 3.8) is 0 Å². The summed E-state index contributed by atoms with van der Waals surface area (Å²) in [6.07, 6.45) is 2.81. The fraction of sp³-hybridized carbons (Fsp3) is 0.778. The molecule has 76 valence electrons. The monoisotopic (exact) mass is 188 g/mol. The number of hydrogen-bond acceptors (Lipinski definition) is 3. The first-order chi connectivity index (χ1) is 6.16. The molecule has 0 amide bonds. The van der Waals surface area contributed by atoms with Crippen molar-refractivity contribution in [3.05, 3.63) is 0 Å². The number of carboxylic acid groups (broad SMARTS) is 1. The smallest absolute Gasteiger partial charge is 0.329 e. The molecule has 0 saturated carbocycles. The molecule has 0 radical (unpaired) electrons. The van der Waals surface area contributed by atoms with Crippen LogP contribution in [-0.4, -0.2) is 30.1 Å². The van der Waals surface area contributed by atoms with E-state index in [1.165, 1.54) is 0 Å². The largest absolute Gasteiger partial charge is 0.480 e. The van der Waals surface area contributed by atoms with E-state index in [4.69, 9.17) is 9.84 Å². The minimum atomic E-state index is -0.999. The summed E-state index contributed by atoms with van der Waals surface area (Å²) < 4.78 is 4.73. The zero-order chi connectivity index (χ0) is 10.1. The van der Waals surface area contributed by atoms with Gasteiger partial charge in [0.25, 0.3) is 0 Å². The van der Waals surface area contributed by atoms with Gasteiger partial charge < -0.3 is 9.84 Å². The van der Waals surface area contributed by atoms with Crippen LogP contribution < -0.4 is 0 Å². The zero-order valence-corrected chi connectivity index (χ0v) is 7.91. The van der Waals surface area contributed by atoms with Crippen molar-refractivity contribution < 1.29 is 19.4 Å². The molecule has 0 fully saturated rings. The number of carboxylic acids is 1. The van der Waals surface area contributed by atoms with Gasteiger partial charge in [-0.25, -0.2) is 4.79 Å². The van der Waals surface area contributed by atoms with Crippen LogP contribution in [0.4, 0.5) is 0 Å². The van der Waals surface area contributed by atoms with Gasteiger partial charge in [-0.2, -0.15) is 0 Å². The molecule has 0 aromatic carbocycles. The van der Waals surface area contributed by atoms with Crippen LogP contribution in [0.3, 0.4) is 0 Å². The highest BCUT2D eigenvalue weighted by Gasteiger charge is 2.02. The Hall–Kier alpha value is -0.900. The molecular weight excluding hydrogens is 172 g/mol. The van der Waals surface area contributed by atoms with E-state index in [1.807, 2.05) is 6.92 Å². The molecule has 0 unspecified atom stereocenters. The number of hydrogen-bond donors (Lipinski definition) is 1. The summed E-state index contributed by atoms with van der Waals surface area (Å²) in [6.45, 7) is 1.92. The van der Waals surface area contributed by atoms with E-state index in [1.54, 1.807) is 0 Å². The van der Waals surface area contributed by atoms with Crippen molar-refractivity contribution in [2.24, 2.45) is 0 Å². The predicted octanol–water partition coefficient (Wildman–Crippen LogP) is 1.24. The van der Waals surface area contributed by atoms with Gasteiger partial charge in [0.2, 0.25) is 0 Å². The zero-order valence-electron chi connectivity index (χ0n) is 7.91. The molecule has 0 atom stereocenters. The molecule has 0 aliphatic carbocycles. The van der Waals surface area contributed by atoms with Gasteiger partial charge in [-0.15, -0.1) is 0 Å². The third-order valence-corrected chi connectivity index (χ3v) is 1.56. The van der Waals surface area contributed by atoms with Crippen LogP contribution in [0.5, 0.6) is 0 Å². The summed E-state index contributed by atoms with van der Waals surface area (Å²) in [5.41, 5.74) is 0. The number of Topliss-reactive ketones (excluding diaryl/α,β-unsaturated/α-hetero) is 1. The maximum atomic E-state index is 11.0. The predicted molar refractivity (Wildman–Crippen MR) is 47.6 cm³/mol. The van der Waals surface area contributed by atoms with Gasteiger partial charge in [-0.1, -0.05) is 13.3 Å². The van der Waals surface area contributed by atoms with Crippen LogP contribution in [0.2, 0.25) is 0 Å². The van der Waals surface area contributed by atoms with E-state index in [0.29, 0.717) is 12.8 Å². The molecule has 0 bridgehead atoms. The van der Waals surface area contributed by atoms with Crippen LogP contribution in [0.15, 0.2) is 0 Å². The Morgan fingerprint density at radius 2 is 2.00 bits per heavy atom. The molecule has 13 heavy (non-hydrogen) atoms. The van der Waals surface area contributed by atoms with Crippen LogP contribution >= 0.6 is 0 Å². The summed E-state index contributed by atoms with van der Waals surface area (Å²) in [5, 5.41) is 8.21. The first-order valence-corrected chi connectivity index (χ1v) is 4.48. The molecule has 0 saturated heterocycles. The van der Waals surface area contributed by atoms with Gasteiger partial charge in [0.05, 0.1) is 6.61 Å². The first-order valence-electron chi connectivity index (χ1n) is 4.48. The van der Waals surface area contributed by atoms with E-state index in [2.05, 4.69) is 0 Å². The minimum Gasteiger partial charge on any atom is -0.480 e. The molecule has 0 rings (SSSR count). The minimum absolute atomic E-state index is 0.146. The number of carbonyl (C=O) groups is 2. The molecule has 0 aliphatic rings. The maximum Gasteiger partial charge on any atom is 0.329 e. The summed E-state index contributed by atoms with van der Waals surface area (Å²) in [7, 11) is 0. The average molecular weight is 188 g/mol. The van der Waals surface area contributed by atoms with Gasteiger partial charge in [0.1, 0.15) is 12.4 Å². The fourth-order valence-corrected chi connectivity index (χ4v) is 0.844. The Bertz CT molecular complexity index is 165. The lowest BCUT2D eigenvalue weighted by Gasteiger charge is -2.00. The van der Waals surface area contributed by atoms with Crippen molar-refractivity contribution in [1.82, 2.24) is 0 Å². The molecule has 0 spiro atoms. The number of carbonyl (C=O) groups excluding carboxylic acids is 1. The summed E-state index contributed by atoms with van der Waals surface area (Å²) in [5.74, 6) is -0.853. The third kappa shape index (κ3) is 9.01. The van der Waals surface area contributed by atoms with Crippen molar-refractivity contribution in [1.29, 1.82) is 0 Å². The second kappa shape index (κ2) is 7.73. The third-order valence-electron chi connectivity index (χ3n) is 1.56. The molecule has 0 aliphatic heterocycles. The molecule has 4 heteroatoms. The van der Waals surface area contributed by atoms with Crippen molar-refractivity contribution in [3.8, 4) is 0 Å². The highest BCUT2D eigenvalue weighted by molar-refractivity contribution is 5.78. The SMILES string of the molecule is CCCCC(=O)CCOCC(=O)O. The molecule has 0 heterocycles. The Balaban J connectivity index is 3.22. The van der Waals surface area contributed by atoms with Gasteiger partial charge in [0.15, 0.2) is 0 Å². The van der Waals surface area contributed by atoms with E-state index in [9.17, 15) is 9.59 Å². The molecule has 1 N–H and O–H groups in total. The van der Waals surface area contributed by atoms with E-state index < -0.39 is 5.97 Å². The van der Waals surface area contributed by atoms with Crippen molar-refractivity contribution >= 4 is 11.8 Å². The second-order valence-electron chi connectivity index (χ2n) is 2.84. The number of unbranched alkanes of at least 4 members (excludes halogenated alkanes) is 1. The maximum absolute atomic E-state index is 11.0. The lowest BCUT2D eigenvalue weighted by Crippen LogP contribution is -2.10. The van der Waals surface area contributed by atoms with Crippen molar-refractivity contribution in [2.75, 3.05) is 13.2 Å². The van der Waals surface area contributed by atoms with Crippen molar-refractivity contribution in [2.45, 2.75) is 32.6 Å². The normalized spacial score (nSPS) is 9.92. The molecular formula is C9H16O4. The van der Waals surface area contributed by atoms with E-state index in [-0.39, 0.29) is 19.0 Å². The van der Waals surface area contributed by atoms with Crippen LogP contribution in [0.25, 0.3) is 0 Å². The summed E-state index contributed by atoms with van der Waals surface area (Å²) in [6, 6.07) is 0. The lowest BCUT2D eigenvalue weighted by molar-refractivity contribution is -0.142. The summed E-state index contributed by atoms with van der Waals surface area (Å²) in [4.78, 5) is 21.0. The van der Waals surface area contributed by atoms with E-state index >= 15 is 0 Å². The highest BCUT2D eigenvalue weighted by atomic mass is 16.5. The Morgan fingerprint density at radius 1 is 1.31 bits per heavy atom. The number of ketones is 1. The topological polar surface area (TPSA) is 63.6 Å². The Kier molecular flexibility index (Phi) is 7.20. The quantitative estimate of drug-likeness (QED) is 0.582. The van der Waals surface area contributed by atoms with Gasteiger partial charge in [-0.05, 0) is 6.42 Å². The van der Waals surface area contributed by atoms with Gasteiger partial charge in [-0.3, -0.25) is 4.79 Å². The Morgan fingerprint density at radius 3 is 2.54 bits per heavy atom. The molecule has 0 aromatic heterocycles. The first kappa shape index (κ1) is 12.1. The molecule has 0 aromatic rings. The average Bonchev–Trinajstić information content (AvgIpc) is 2.08. The summed E-state index contributed by atoms with van der Waals surface area (Å²) >= 11 is 0. The number of aliphatic carboxylic acids is 1. The van der Waals surface area contributed by atoms with Crippen LogP contribution in [-0.2, 0) is 14.3 Å². The molecule has 4 nitrogen and oxygen atoms in total. The lowest BCUT2D eigenvalue weighted by atomic mass is 10.1.